The molecule has 1 aliphatic rings. The van der Waals surface area contributed by atoms with Gasteiger partial charge in [-0.3, -0.25) is 4.79 Å². The summed E-state index contributed by atoms with van der Waals surface area (Å²) in [5.41, 5.74) is 2.75. The molecule has 1 aromatic rings. The molecule has 0 fully saturated rings. The van der Waals surface area contributed by atoms with Crippen molar-refractivity contribution >= 4 is 11.6 Å². The van der Waals surface area contributed by atoms with Gasteiger partial charge in [0.25, 0.3) is 5.91 Å². The predicted octanol–water partition coefficient (Wildman–Crippen LogP) is 1.84. The Labute approximate surface area is 70.9 Å². The van der Waals surface area contributed by atoms with E-state index in [0.29, 0.717) is 0 Å². The van der Waals surface area contributed by atoms with Crippen molar-refractivity contribution in [1.82, 2.24) is 0 Å². The van der Waals surface area contributed by atoms with Crippen molar-refractivity contribution in [2.24, 2.45) is 4.99 Å². The van der Waals surface area contributed by atoms with Crippen LogP contribution < -0.4 is 0 Å². The van der Waals surface area contributed by atoms with E-state index in [2.05, 4.69) is 4.99 Å². The lowest BCUT2D eigenvalue weighted by molar-refractivity contribution is 0.1000. The summed E-state index contributed by atoms with van der Waals surface area (Å²) >= 11 is 0. The van der Waals surface area contributed by atoms with Crippen LogP contribution in [0.15, 0.2) is 29.3 Å². The van der Waals surface area contributed by atoms with E-state index in [-0.39, 0.29) is 5.91 Å². The first-order valence-electron chi connectivity index (χ1n) is 3.94. The van der Waals surface area contributed by atoms with Crippen molar-refractivity contribution in [3.8, 4) is 0 Å². The fourth-order valence-electron chi connectivity index (χ4n) is 1.43. The molecule has 0 saturated heterocycles. The van der Waals surface area contributed by atoms with Crippen LogP contribution in [0.1, 0.15) is 22.8 Å². The third-order valence-corrected chi connectivity index (χ3v) is 1.99. The van der Waals surface area contributed by atoms with Gasteiger partial charge in [-0.25, -0.2) is 4.99 Å². The van der Waals surface area contributed by atoms with Crippen LogP contribution in [0.3, 0.4) is 0 Å². The summed E-state index contributed by atoms with van der Waals surface area (Å²) in [6, 6.07) is 7.62. The van der Waals surface area contributed by atoms with Gasteiger partial charge in [0.05, 0.1) is 0 Å². The molecule has 1 aliphatic heterocycles. The van der Waals surface area contributed by atoms with Gasteiger partial charge < -0.3 is 0 Å². The maximum Gasteiger partial charge on any atom is 0.277 e. The highest BCUT2D eigenvalue weighted by atomic mass is 16.1. The molecule has 0 N–H and O–H groups in total. The first-order chi connectivity index (χ1) is 5.77. The average Bonchev–Trinajstić information content (AvgIpc) is 2.04. The molecule has 60 valence electrons. The van der Waals surface area contributed by atoms with Crippen molar-refractivity contribution < 1.29 is 4.79 Å². The van der Waals surface area contributed by atoms with Crippen LogP contribution in [0.2, 0.25) is 0 Å². The molecular formula is C10H9NO. The lowest BCUT2D eigenvalue weighted by Crippen LogP contribution is -2.13. The van der Waals surface area contributed by atoms with Crippen LogP contribution in [0.25, 0.3) is 0 Å². The lowest BCUT2D eigenvalue weighted by Gasteiger charge is -2.11. The van der Waals surface area contributed by atoms with Crippen LogP contribution in [0.4, 0.5) is 0 Å². The Morgan fingerprint density at radius 1 is 1.33 bits per heavy atom. The van der Waals surface area contributed by atoms with Crippen molar-refractivity contribution in [2.45, 2.75) is 13.3 Å². The number of hydrogen-bond donors (Lipinski definition) is 0. The van der Waals surface area contributed by atoms with Gasteiger partial charge in [0.15, 0.2) is 0 Å². The third kappa shape index (κ3) is 1.05. The summed E-state index contributed by atoms with van der Waals surface area (Å²) in [4.78, 5) is 15.2. The van der Waals surface area contributed by atoms with Crippen LogP contribution >= 0.6 is 0 Å². The van der Waals surface area contributed by atoms with Crippen LogP contribution in [-0.4, -0.2) is 11.6 Å². The topological polar surface area (TPSA) is 29.4 Å². The van der Waals surface area contributed by atoms with Crippen LogP contribution in [0.5, 0.6) is 0 Å². The van der Waals surface area contributed by atoms with E-state index in [0.717, 1.165) is 23.3 Å². The average molecular weight is 159 g/mol. The summed E-state index contributed by atoms with van der Waals surface area (Å²) in [5.74, 6) is -0.102. The first-order valence-corrected chi connectivity index (χ1v) is 3.94. The Balaban J connectivity index is 2.56. The Morgan fingerprint density at radius 3 is 2.92 bits per heavy atom. The monoisotopic (exact) mass is 159 g/mol. The largest absolute Gasteiger partial charge is 0.277 e. The zero-order valence-electron chi connectivity index (χ0n) is 6.87. The second-order valence-electron chi connectivity index (χ2n) is 2.99. The molecule has 0 bridgehead atoms. The molecular weight excluding hydrogens is 150 g/mol. The molecule has 12 heavy (non-hydrogen) atoms. The van der Waals surface area contributed by atoms with E-state index in [9.17, 15) is 4.79 Å². The van der Waals surface area contributed by atoms with Crippen molar-refractivity contribution in [1.29, 1.82) is 0 Å². The van der Waals surface area contributed by atoms with E-state index in [1.54, 1.807) is 0 Å². The molecule has 0 spiro atoms. The number of carbonyl (C=O) groups excluding carboxylic acids is 1. The highest BCUT2D eigenvalue weighted by Gasteiger charge is 2.15. The molecule has 2 nitrogen and oxygen atoms in total. The maximum atomic E-state index is 11.3. The number of benzene rings is 1. The summed E-state index contributed by atoms with van der Waals surface area (Å²) in [5, 5.41) is 0. The Kier molecular flexibility index (Phi) is 1.54. The molecule has 0 atom stereocenters. The second-order valence-corrected chi connectivity index (χ2v) is 2.99. The maximum absolute atomic E-state index is 11.3. The minimum absolute atomic E-state index is 0.102. The number of rotatable bonds is 0. The lowest BCUT2D eigenvalue weighted by atomic mass is 9.99. The third-order valence-electron chi connectivity index (χ3n) is 1.99. The van der Waals surface area contributed by atoms with Gasteiger partial charge in [0, 0.05) is 17.7 Å². The summed E-state index contributed by atoms with van der Waals surface area (Å²) in [6.45, 7) is 1.88. The SMILES string of the molecule is CC1=NC(=O)c2ccccc2C1. The van der Waals surface area contributed by atoms with Crippen molar-refractivity contribution in [3.63, 3.8) is 0 Å². The standard InChI is InChI=1S/C10H9NO/c1-7-6-8-4-2-3-5-9(8)10(12)11-7/h2-5H,6H2,1H3. The minimum atomic E-state index is -0.102. The smallest absolute Gasteiger partial charge is 0.267 e. The van der Waals surface area contributed by atoms with Gasteiger partial charge >= 0.3 is 0 Å². The van der Waals surface area contributed by atoms with Crippen LogP contribution in [0, 0.1) is 0 Å². The number of aliphatic imine (C=N–C) groups is 1. The van der Waals surface area contributed by atoms with Gasteiger partial charge in [0.1, 0.15) is 0 Å². The number of fused-ring (bicyclic) bond motifs is 1. The van der Waals surface area contributed by atoms with E-state index in [4.69, 9.17) is 0 Å². The normalized spacial score (nSPS) is 15.4. The Bertz CT molecular complexity index is 366. The highest BCUT2D eigenvalue weighted by Crippen LogP contribution is 2.15. The van der Waals surface area contributed by atoms with E-state index in [1.165, 1.54) is 0 Å². The zero-order chi connectivity index (χ0) is 8.55. The summed E-state index contributed by atoms with van der Waals surface area (Å²) < 4.78 is 0. The van der Waals surface area contributed by atoms with E-state index in [1.807, 2.05) is 31.2 Å². The summed E-state index contributed by atoms with van der Waals surface area (Å²) in [6.07, 6.45) is 0.807. The number of hydrogen-bond acceptors (Lipinski definition) is 1. The van der Waals surface area contributed by atoms with Gasteiger partial charge in [-0.1, -0.05) is 18.2 Å². The van der Waals surface area contributed by atoms with Crippen LogP contribution in [-0.2, 0) is 6.42 Å². The summed E-state index contributed by atoms with van der Waals surface area (Å²) in [7, 11) is 0. The first kappa shape index (κ1) is 7.22. The molecule has 0 saturated carbocycles. The Hall–Kier alpha value is -1.44. The Morgan fingerprint density at radius 2 is 2.08 bits per heavy atom. The van der Waals surface area contributed by atoms with E-state index >= 15 is 0 Å². The number of amides is 1. The number of nitrogens with zero attached hydrogens (tertiary/aromatic N) is 1. The van der Waals surface area contributed by atoms with Gasteiger partial charge in [-0.05, 0) is 18.6 Å². The molecule has 0 unspecified atom stereocenters. The molecule has 0 aliphatic carbocycles. The zero-order valence-corrected chi connectivity index (χ0v) is 6.87. The second kappa shape index (κ2) is 2.55. The van der Waals surface area contributed by atoms with Gasteiger partial charge in [-0.2, -0.15) is 0 Å². The van der Waals surface area contributed by atoms with E-state index < -0.39 is 0 Å². The molecule has 1 aromatic carbocycles. The number of carbonyl (C=O) groups is 1. The molecule has 1 amide bonds. The highest BCUT2D eigenvalue weighted by molar-refractivity contribution is 6.08. The fraction of sp³-hybridized carbons (Fsp3) is 0.200. The van der Waals surface area contributed by atoms with Gasteiger partial charge in [-0.15, -0.1) is 0 Å². The molecule has 1 heterocycles. The van der Waals surface area contributed by atoms with Crippen molar-refractivity contribution in [2.75, 3.05) is 0 Å². The fourth-order valence-corrected chi connectivity index (χ4v) is 1.43. The molecule has 2 rings (SSSR count). The van der Waals surface area contributed by atoms with Gasteiger partial charge in [0.2, 0.25) is 0 Å². The quantitative estimate of drug-likeness (QED) is 0.568. The molecule has 2 heteroatoms. The van der Waals surface area contributed by atoms with Crippen molar-refractivity contribution in [3.05, 3.63) is 35.4 Å². The molecule has 0 aromatic heterocycles. The minimum Gasteiger partial charge on any atom is -0.267 e. The molecule has 0 radical (unpaired) electrons. The predicted molar refractivity (Wildman–Crippen MR) is 47.6 cm³/mol.